The van der Waals surface area contributed by atoms with Crippen LogP contribution in [-0.4, -0.2) is 37.9 Å². The summed E-state index contributed by atoms with van der Waals surface area (Å²) in [5.41, 5.74) is -0.584. The van der Waals surface area contributed by atoms with Crippen molar-refractivity contribution in [2.24, 2.45) is 0 Å². The van der Waals surface area contributed by atoms with Gasteiger partial charge in [-0.2, -0.15) is 0 Å². The highest BCUT2D eigenvalue weighted by Gasteiger charge is 2.32. The van der Waals surface area contributed by atoms with Gasteiger partial charge in [0.2, 0.25) is 0 Å². The predicted octanol–water partition coefficient (Wildman–Crippen LogP) is 1.88. The van der Waals surface area contributed by atoms with Crippen LogP contribution in [0.5, 0.6) is 0 Å². The Morgan fingerprint density at radius 3 is 2.65 bits per heavy atom. The highest BCUT2D eigenvalue weighted by Crippen LogP contribution is 2.22. The van der Waals surface area contributed by atoms with Crippen LogP contribution in [0.15, 0.2) is 0 Å². The zero-order valence-corrected chi connectivity index (χ0v) is 11.3. The molecule has 0 aromatic carbocycles. The summed E-state index contributed by atoms with van der Waals surface area (Å²) >= 11 is 0. The van der Waals surface area contributed by atoms with Crippen molar-refractivity contribution in [3.05, 3.63) is 0 Å². The van der Waals surface area contributed by atoms with E-state index in [1.165, 1.54) is 19.3 Å². The zero-order chi connectivity index (χ0) is 12.7. The number of nitrogens with one attached hydrogen (secondary N) is 1. The summed E-state index contributed by atoms with van der Waals surface area (Å²) in [6.45, 7) is 4.87. The van der Waals surface area contributed by atoms with Crippen molar-refractivity contribution in [3.63, 3.8) is 0 Å². The average Bonchev–Trinajstić information content (AvgIpc) is 2.26. The molecule has 4 heteroatoms. The Balaban J connectivity index is 2.21. The monoisotopic (exact) mass is 243 g/mol. The van der Waals surface area contributed by atoms with Crippen LogP contribution in [0.25, 0.3) is 0 Å². The van der Waals surface area contributed by atoms with Crippen molar-refractivity contribution >= 4 is 5.97 Å². The molecular formula is C13H25NO3. The second-order valence-electron chi connectivity index (χ2n) is 4.83. The van der Waals surface area contributed by atoms with Crippen LogP contribution in [0.3, 0.4) is 0 Å². The Kier molecular flexibility index (Phi) is 5.92. The van der Waals surface area contributed by atoms with Gasteiger partial charge in [-0.15, -0.1) is 0 Å². The van der Waals surface area contributed by atoms with Crippen molar-refractivity contribution in [1.29, 1.82) is 0 Å². The van der Waals surface area contributed by atoms with Gasteiger partial charge in [0, 0.05) is 6.61 Å². The van der Waals surface area contributed by atoms with Crippen LogP contribution in [0.4, 0.5) is 0 Å². The van der Waals surface area contributed by atoms with E-state index in [1.54, 1.807) is 7.05 Å². The van der Waals surface area contributed by atoms with Crippen LogP contribution in [0.2, 0.25) is 0 Å². The van der Waals surface area contributed by atoms with E-state index >= 15 is 0 Å². The molecule has 0 heterocycles. The molecule has 1 rings (SSSR count). The number of ether oxygens (including phenoxy) is 2. The lowest BCUT2D eigenvalue weighted by molar-refractivity contribution is -0.150. The van der Waals surface area contributed by atoms with E-state index in [9.17, 15) is 4.79 Å². The lowest BCUT2D eigenvalue weighted by atomic mass is 9.95. The standard InChI is InChI=1S/C13H25NO3/c1-4-16-12(15)13(2,14-3)9-6-10-17-11-7-5-8-11/h11,14H,4-10H2,1-3H3. The first-order chi connectivity index (χ1) is 8.12. The van der Waals surface area contributed by atoms with Gasteiger partial charge in [0.25, 0.3) is 0 Å². The fourth-order valence-corrected chi connectivity index (χ4v) is 1.83. The minimum absolute atomic E-state index is 0.175. The summed E-state index contributed by atoms with van der Waals surface area (Å²) in [7, 11) is 1.80. The topological polar surface area (TPSA) is 47.6 Å². The molecule has 0 amide bonds. The molecule has 0 aliphatic heterocycles. The predicted molar refractivity (Wildman–Crippen MR) is 66.9 cm³/mol. The number of esters is 1. The lowest BCUT2D eigenvalue weighted by Crippen LogP contribution is -2.48. The molecule has 0 aromatic rings. The average molecular weight is 243 g/mol. The molecule has 1 atom stereocenters. The molecule has 1 unspecified atom stereocenters. The number of hydrogen-bond donors (Lipinski definition) is 1. The van der Waals surface area contributed by atoms with Gasteiger partial charge in [-0.25, -0.2) is 0 Å². The molecule has 0 radical (unpaired) electrons. The van der Waals surface area contributed by atoms with Crippen LogP contribution in [0.1, 0.15) is 46.0 Å². The van der Waals surface area contributed by atoms with E-state index in [0.29, 0.717) is 12.7 Å². The van der Waals surface area contributed by atoms with Gasteiger partial charge in [0.1, 0.15) is 5.54 Å². The molecule has 1 fully saturated rings. The molecule has 1 aliphatic rings. The van der Waals surface area contributed by atoms with E-state index < -0.39 is 5.54 Å². The Bertz CT molecular complexity index is 241. The highest BCUT2D eigenvalue weighted by molar-refractivity contribution is 5.80. The van der Waals surface area contributed by atoms with E-state index in [4.69, 9.17) is 9.47 Å². The van der Waals surface area contributed by atoms with Gasteiger partial charge in [-0.1, -0.05) is 0 Å². The van der Waals surface area contributed by atoms with Gasteiger partial charge in [0.15, 0.2) is 0 Å². The second kappa shape index (κ2) is 6.97. The maximum atomic E-state index is 11.8. The van der Waals surface area contributed by atoms with Crippen molar-refractivity contribution in [1.82, 2.24) is 5.32 Å². The quantitative estimate of drug-likeness (QED) is 0.522. The van der Waals surface area contributed by atoms with Crippen LogP contribution in [-0.2, 0) is 14.3 Å². The van der Waals surface area contributed by atoms with Crippen molar-refractivity contribution in [2.75, 3.05) is 20.3 Å². The summed E-state index contributed by atoms with van der Waals surface area (Å²) in [4.78, 5) is 11.8. The lowest BCUT2D eigenvalue weighted by Gasteiger charge is -2.28. The van der Waals surface area contributed by atoms with Gasteiger partial charge in [-0.3, -0.25) is 4.79 Å². The minimum atomic E-state index is -0.584. The van der Waals surface area contributed by atoms with Gasteiger partial charge in [0.05, 0.1) is 12.7 Å². The Morgan fingerprint density at radius 1 is 1.47 bits per heavy atom. The number of rotatable bonds is 8. The van der Waals surface area contributed by atoms with E-state index in [0.717, 1.165) is 19.4 Å². The Hall–Kier alpha value is -0.610. The number of carbonyl (C=O) groups is 1. The number of carbonyl (C=O) groups excluding carboxylic acids is 1. The molecule has 0 aromatic heterocycles. The van der Waals surface area contributed by atoms with Crippen LogP contribution >= 0.6 is 0 Å². The third-order valence-corrected chi connectivity index (χ3v) is 3.50. The van der Waals surface area contributed by atoms with Crippen LogP contribution in [0, 0.1) is 0 Å². The maximum Gasteiger partial charge on any atom is 0.326 e. The highest BCUT2D eigenvalue weighted by atomic mass is 16.5. The molecule has 1 saturated carbocycles. The van der Waals surface area contributed by atoms with Crippen LogP contribution < -0.4 is 5.32 Å². The van der Waals surface area contributed by atoms with Crippen molar-refractivity contribution in [3.8, 4) is 0 Å². The molecule has 17 heavy (non-hydrogen) atoms. The van der Waals surface area contributed by atoms with Crippen molar-refractivity contribution < 1.29 is 14.3 Å². The van der Waals surface area contributed by atoms with Gasteiger partial charge >= 0.3 is 5.97 Å². The maximum absolute atomic E-state index is 11.8. The minimum Gasteiger partial charge on any atom is -0.465 e. The number of likely N-dealkylation sites (N-methyl/N-ethyl adjacent to an activating group) is 1. The number of hydrogen-bond acceptors (Lipinski definition) is 4. The van der Waals surface area contributed by atoms with E-state index in [-0.39, 0.29) is 5.97 Å². The molecule has 0 bridgehead atoms. The zero-order valence-electron chi connectivity index (χ0n) is 11.3. The largest absolute Gasteiger partial charge is 0.465 e. The van der Waals surface area contributed by atoms with Gasteiger partial charge < -0.3 is 14.8 Å². The molecule has 0 spiro atoms. The fourth-order valence-electron chi connectivity index (χ4n) is 1.83. The molecule has 1 aliphatic carbocycles. The Labute approximate surface area is 104 Å². The SMILES string of the molecule is CCOC(=O)C(C)(CCCOC1CCC1)NC. The molecule has 4 nitrogen and oxygen atoms in total. The normalized spacial score (nSPS) is 19.5. The second-order valence-corrected chi connectivity index (χ2v) is 4.83. The van der Waals surface area contributed by atoms with E-state index in [1.807, 2.05) is 13.8 Å². The third-order valence-electron chi connectivity index (χ3n) is 3.50. The summed E-state index contributed by atoms with van der Waals surface area (Å²) in [6.07, 6.45) is 5.78. The first kappa shape index (κ1) is 14.5. The first-order valence-corrected chi connectivity index (χ1v) is 6.60. The first-order valence-electron chi connectivity index (χ1n) is 6.60. The summed E-state index contributed by atoms with van der Waals surface area (Å²) in [5.74, 6) is -0.175. The molecule has 100 valence electrons. The fraction of sp³-hybridized carbons (Fsp3) is 0.923. The summed E-state index contributed by atoms with van der Waals surface area (Å²) in [6, 6.07) is 0. The molecule has 1 N–H and O–H groups in total. The summed E-state index contributed by atoms with van der Waals surface area (Å²) < 4.78 is 10.7. The molecule has 0 saturated heterocycles. The third kappa shape index (κ3) is 4.28. The van der Waals surface area contributed by atoms with E-state index in [2.05, 4.69) is 5.32 Å². The smallest absolute Gasteiger partial charge is 0.326 e. The van der Waals surface area contributed by atoms with Crippen molar-refractivity contribution in [2.45, 2.75) is 57.6 Å². The van der Waals surface area contributed by atoms with Gasteiger partial charge in [-0.05, 0) is 53.0 Å². The summed E-state index contributed by atoms with van der Waals surface area (Å²) in [5, 5.41) is 3.05. The molecular weight excluding hydrogens is 218 g/mol. The Morgan fingerprint density at radius 2 is 2.18 bits per heavy atom.